The van der Waals surface area contributed by atoms with Crippen LogP contribution in [-0.2, 0) is 0 Å². The second-order valence-corrected chi connectivity index (χ2v) is 4.34. The molecule has 0 saturated heterocycles. The molecule has 0 saturated carbocycles. The van der Waals surface area contributed by atoms with Crippen molar-refractivity contribution in [3.63, 3.8) is 0 Å². The topological polar surface area (TPSA) is 82.1 Å². The molecule has 2 heterocycles. The molecule has 0 atom stereocenters. The van der Waals surface area contributed by atoms with Crippen LogP contribution >= 0.6 is 11.8 Å². The summed E-state index contributed by atoms with van der Waals surface area (Å²) < 4.78 is 7.90. The third-order valence-corrected chi connectivity index (χ3v) is 3.02. The van der Waals surface area contributed by atoms with Crippen molar-refractivity contribution < 1.29 is 4.74 Å². The van der Waals surface area contributed by atoms with Crippen molar-refractivity contribution in [2.45, 2.75) is 0 Å². The smallest absolute Gasteiger partial charge is 0.173 e. The van der Waals surface area contributed by atoms with Crippen LogP contribution in [0.1, 0.15) is 0 Å². The van der Waals surface area contributed by atoms with E-state index in [9.17, 15) is 0 Å². The van der Waals surface area contributed by atoms with Crippen molar-refractivity contribution in [2.24, 2.45) is 5.84 Å². The van der Waals surface area contributed by atoms with Gasteiger partial charge in [0.2, 0.25) is 0 Å². The summed E-state index contributed by atoms with van der Waals surface area (Å²) in [6.45, 7) is 0. The van der Waals surface area contributed by atoms with Crippen LogP contribution in [0.5, 0.6) is 5.75 Å². The Morgan fingerprint density at radius 2 is 2.10 bits per heavy atom. The fourth-order valence-electron chi connectivity index (χ4n) is 1.98. The van der Waals surface area contributed by atoms with Crippen LogP contribution < -0.4 is 15.1 Å². The van der Waals surface area contributed by atoms with E-state index in [1.54, 1.807) is 18.0 Å². The Balaban J connectivity index is 2.26. The SMILES string of the molecule is COc1ccccc1-n1ncc2c(N(N)Cl)ncnc21. The number of benzene rings is 1. The van der Waals surface area contributed by atoms with Gasteiger partial charge in [0.1, 0.15) is 17.8 Å². The predicted molar refractivity (Wildman–Crippen MR) is 75.7 cm³/mol. The molecule has 0 radical (unpaired) electrons. The molecule has 7 nitrogen and oxygen atoms in total. The lowest BCUT2D eigenvalue weighted by molar-refractivity contribution is 0.412. The number of rotatable bonds is 3. The second kappa shape index (κ2) is 4.95. The Morgan fingerprint density at radius 1 is 1.30 bits per heavy atom. The summed E-state index contributed by atoms with van der Waals surface area (Å²) in [5.41, 5.74) is 1.36. The first-order valence-corrected chi connectivity index (χ1v) is 6.09. The lowest BCUT2D eigenvalue weighted by Gasteiger charge is -2.10. The average Bonchev–Trinajstić information content (AvgIpc) is 2.90. The van der Waals surface area contributed by atoms with E-state index in [-0.39, 0.29) is 0 Å². The first-order valence-electron chi connectivity index (χ1n) is 5.75. The van der Waals surface area contributed by atoms with Gasteiger partial charge in [0.15, 0.2) is 11.5 Å². The van der Waals surface area contributed by atoms with Crippen LogP contribution in [0.25, 0.3) is 16.7 Å². The molecule has 0 fully saturated rings. The van der Waals surface area contributed by atoms with Gasteiger partial charge in [0.25, 0.3) is 0 Å². The largest absolute Gasteiger partial charge is 0.494 e. The van der Waals surface area contributed by atoms with Crippen LogP contribution in [0.2, 0.25) is 0 Å². The minimum absolute atomic E-state index is 0.387. The van der Waals surface area contributed by atoms with Crippen molar-refractivity contribution in [3.05, 3.63) is 36.8 Å². The maximum Gasteiger partial charge on any atom is 0.173 e. The second-order valence-electron chi connectivity index (χ2n) is 3.97. The number of anilines is 1. The molecule has 0 amide bonds. The molecule has 20 heavy (non-hydrogen) atoms. The lowest BCUT2D eigenvalue weighted by Crippen LogP contribution is -2.19. The number of para-hydroxylation sites is 2. The zero-order valence-corrected chi connectivity index (χ0v) is 11.3. The summed E-state index contributed by atoms with van der Waals surface area (Å²) in [5.74, 6) is 6.61. The first kappa shape index (κ1) is 12.6. The third kappa shape index (κ3) is 1.93. The van der Waals surface area contributed by atoms with Crippen molar-refractivity contribution in [1.29, 1.82) is 0 Å². The fraction of sp³-hybridized carbons (Fsp3) is 0.0833. The van der Waals surface area contributed by atoms with E-state index in [0.717, 1.165) is 10.2 Å². The van der Waals surface area contributed by atoms with Gasteiger partial charge in [-0.2, -0.15) is 5.10 Å². The van der Waals surface area contributed by atoms with Crippen LogP contribution in [0.15, 0.2) is 36.8 Å². The molecule has 0 unspecified atom stereocenters. The fourth-order valence-corrected chi connectivity index (χ4v) is 2.12. The predicted octanol–water partition coefficient (Wildman–Crippen LogP) is 1.66. The monoisotopic (exact) mass is 290 g/mol. The summed E-state index contributed by atoms with van der Waals surface area (Å²) in [5, 5.41) is 4.96. The number of aromatic nitrogens is 4. The number of fused-ring (bicyclic) bond motifs is 1. The highest BCUT2D eigenvalue weighted by molar-refractivity contribution is 6.26. The molecule has 0 aliphatic rings. The Morgan fingerprint density at radius 3 is 2.85 bits per heavy atom. The Bertz CT molecular complexity index is 757. The zero-order valence-electron chi connectivity index (χ0n) is 10.6. The molecule has 1 aromatic carbocycles. The van der Waals surface area contributed by atoms with Gasteiger partial charge in [-0.05, 0) is 12.1 Å². The van der Waals surface area contributed by atoms with Gasteiger partial charge < -0.3 is 4.74 Å². The Kier molecular flexibility index (Phi) is 3.13. The summed E-state index contributed by atoms with van der Waals surface area (Å²) in [6, 6.07) is 7.51. The van der Waals surface area contributed by atoms with Crippen LogP contribution in [0, 0.1) is 0 Å². The van der Waals surface area contributed by atoms with Crippen LogP contribution in [0.4, 0.5) is 5.82 Å². The Hall–Kier alpha value is -2.38. The van der Waals surface area contributed by atoms with Gasteiger partial charge in [-0.25, -0.2) is 25.0 Å². The van der Waals surface area contributed by atoms with E-state index in [1.165, 1.54) is 6.33 Å². The quantitative estimate of drug-likeness (QED) is 0.449. The molecule has 3 rings (SSSR count). The van der Waals surface area contributed by atoms with E-state index >= 15 is 0 Å². The van der Waals surface area contributed by atoms with E-state index in [1.807, 2.05) is 24.3 Å². The number of hydrazine groups is 1. The zero-order chi connectivity index (χ0) is 14.1. The number of nitrogens with zero attached hydrogens (tertiary/aromatic N) is 5. The standard InChI is InChI=1S/C12H11ClN6O/c1-20-10-5-3-2-4-9(10)18-11-8(6-17-18)12(19(13)14)16-7-15-11/h2-7H,14H2,1H3. The molecule has 0 aliphatic heterocycles. The van der Waals surface area contributed by atoms with Crippen molar-refractivity contribution in [2.75, 3.05) is 11.6 Å². The van der Waals surface area contributed by atoms with Gasteiger partial charge >= 0.3 is 0 Å². The Labute approximate surface area is 119 Å². The molecule has 102 valence electrons. The van der Waals surface area contributed by atoms with Gasteiger partial charge in [-0.3, -0.25) is 0 Å². The molecule has 2 N–H and O–H groups in total. The van der Waals surface area contributed by atoms with Crippen LogP contribution in [0.3, 0.4) is 0 Å². The molecule has 8 heteroatoms. The normalized spacial score (nSPS) is 10.8. The maximum atomic E-state index is 5.76. The van der Waals surface area contributed by atoms with Gasteiger partial charge in [0.05, 0.1) is 18.7 Å². The molecular formula is C12H11ClN6O. The minimum atomic E-state index is 0.387. The van der Waals surface area contributed by atoms with Gasteiger partial charge in [0, 0.05) is 11.8 Å². The van der Waals surface area contributed by atoms with Crippen molar-refractivity contribution >= 4 is 28.6 Å². The lowest BCUT2D eigenvalue weighted by atomic mass is 10.3. The number of methoxy groups -OCH3 is 1. The first-order chi connectivity index (χ1) is 9.72. The highest BCUT2D eigenvalue weighted by Gasteiger charge is 2.15. The van der Waals surface area contributed by atoms with E-state index in [4.69, 9.17) is 22.4 Å². The van der Waals surface area contributed by atoms with E-state index in [0.29, 0.717) is 22.6 Å². The molecule has 0 bridgehead atoms. The van der Waals surface area contributed by atoms with E-state index in [2.05, 4.69) is 15.1 Å². The van der Waals surface area contributed by atoms with Crippen molar-refractivity contribution in [1.82, 2.24) is 19.7 Å². The molecular weight excluding hydrogens is 280 g/mol. The number of ether oxygens (including phenoxy) is 1. The summed E-state index contributed by atoms with van der Waals surface area (Å²) in [4.78, 5) is 8.26. The summed E-state index contributed by atoms with van der Waals surface area (Å²) in [7, 11) is 1.60. The van der Waals surface area contributed by atoms with Crippen molar-refractivity contribution in [3.8, 4) is 11.4 Å². The number of nitrogens with two attached hydrogens (primary N) is 1. The molecule has 0 aliphatic carbocycles. The highest BCUT2D eigenvalue weighted by atomic mass is 35.5. The van der Waals surface area contributed by atoms with Gasteiger partial charge in [-0.1, -0.05) is 12.1 Å². The summed E-state index contributed by atoms with van der Waals surface area (Å²) >= 11 is 5.76. The molecule has 2 aromatic heterocycles. The summed E-state index contributed by atoms with van der Waals surface area (Å²) in [6.07, 6.45) is 2.99. The number of hydrogen-bond donors (Lipinski definition) is 1. The maximum absolute atomic E-state index is 5.76. The molecule has 0 spiro atoms. The van der Waals surface area contributed by atoms with Crippen LogP contribution in [-0.4, -0.2) is 26.9 Å². The molecule has 3 aromatic rings. The van der Waals surface area contributed by atoms with E-state index < -0.39 is 0 Å². The number of halogens is 1. The average molecular weight is 291 g/mol. The highest BCUT2D eigenvalue weighted by Crippen LogP contribution is 2.27. The third-order valence-electron chi connectivity index (χ3n) is 2.86. The van der Waals surface area contributed by atoms with Gasteiger partial charge in [-0.15, -0.1) is 0 Å². The minimum Gasteiger partial charge on any atom is -0.494 e. The number of hydrogen-bond acceptors (Lipinski definition) is 6.